The van der Waals surface area contributed by atoms with Gasteiger partial charge in [0.05, 0.1) is 25.0 Å². The van der Waals surface area contributed by atoms with Crippen molar-refractivity contribution in [3.05, 3.63) is 46.9 Å². The summed E-state index contributed by atoms with van der Waals surface area (Å²) < 4.78 is 26.0. The van der Waals surface area contributed by atoms with Crippen LogP contribution in [0.4, 0.5) is 0 Å². The van der Waals surface area contributed by atoms with Crippen LogP contribution in [0.1, 0.15) is 22.6 Å². The van der Waals surface area contributed by atoms with Crippen molar-refractivity contribution in [2.75, 3.05) is 34.0 Å². The van der Waals surface area contributed by atoms with Crippen molar-refractivity contribution in [2.45, 2.75) is 20.5 Å². The monoisotopic (exact) mass is 418 g/mol. The number of methoxy groups -OCH3 is 2. The molecule has 2 aromatic rings. The fourth-order valence-corrected chi connectivity index (χ4v) is 2.46. The van der Waals surface area contributed by atoms with Gasteiger partial charge in [0.25, 0.3) is 5.91 Å². The van der Waals surface area contributed by atoms with Crippen LogP contribution in [-0.4, -0.2) is 51.0 Å². The Morgan fingerprint density at radius 3 is 2.67 bits per heavy atom. The third kappa shape index (κ3) is 6.93. The molecule has 9 heteroatoms. The van der Waals surface area contributed by atoms with E-state index in [0.717, 1.165) is 11.3 Å². The molecule has 9 nitrogen and oxygen atoms in total. The van der Waals surface area contributed by atoms with Gasteiger partial charge in [-0.15, -0.1) is 0 Å². The fraction of sp³-hybridized carbons (Fsp3) is 0.381. The number of hydrogen-bond donors (Lipinski definition) is 1. The number of amides is 1. The first-order valence-corrected chi connectivity index (χ1v) is 9.27. The van der Waals surface area contributed by atoms with Crippen molar-refractivity contribution >= 4 is 18.0 Å². The highest BCUT2D eigenvalue weighted by Gasteiger charge is 2.12. The summed E-state index contributed by atoms with van der Waals surface area (Å²) in [4.78, 5) is 23.3. The lowest BCUT2D eigenvalue weighted by molar-refractivity contribution is -0.143. The molecule has 162 valence electrons. The van der Waals surface area contributed by atoms with Gasteiger partial charge in [0.1, 0.15) is 12.4 Å². The number of rotatable bonds is 11. The van der Waals surface area contributed by atoms with Crippen LogP contribution < -0.4 is 14.8 Å². The topological polar surface area (TPSA) is 109 Å². The molecule has 0 spiro atoms. The second kappa shape index (κ2) is 11.6. The highest BCUT2D eigenvalue weighted by atomic mass is 16.5. The number of hydrogen-bond acceptors (Lipinski definition) is 8. The predicted octanol–water partition coefficient (Wildman–Crippen LogP) is 2.20. The fourth-order valence-electron chi connectivity index (χ4n) is 2.46. The third-order valence-corrected chi connectivity index (χ3v) is 4.13. The van der Waals surface area contributed by atoms with Crippen LogP contribution in [0.2, 0.25) is 0 Å². The van der Waals surface area contributed by atoms with Crippen LogP contribution in [-0.2, 0) is 25.7 Å². The van der Waals surface area contributed by atoms with E-state index in [2.05, 4.69) is 10.5 Å². The van der Waals surface area contributed by atoms with E-state index >= 15 is 0 Å². The standard InChI is InChI=1S/C21H26N2O7/c1-14-17(15(2)30-23-14)12-28-18-7-5-16(11-19(18)27-4)6-8-21(25)29-13-20(24)22-9-10-26-3/h5-8,11H,9-10,12-13H2,1-4H3,(H,22,24)/b8-6+. The van der Waals surface area contributed by atoms with Gasteiger partial charge in [-0.3, -0.25) is 4.79 Å². The smallest absolute Gasteiger partial charge is 0.331 e. The maximum Gasteiger partial charge on any atom is 0.331 e. The second-order valence-electron chi connectivity index (χ2n) is 6.29. The Balaban J connectivity index is 1.90. The summed E-state index contributed by atoms with van der Waals surface area (Å²) in [6, 6.07) is 5.24. The lowest BCUT2D eigenvalue weighted by Gasteiger charge is -2.11. The maximum atomic E-state index is 11.8. The van der Waals surface area contributed by atoms with Gasteiger partial charge in [0.2, 0.25) is 0 Å². The lowest BCUT2D eigenvalue weighted by atomic mass is 10.2. The van der Waals surface area contributed by atoms with Gasteiger partial charge in [-0.1, -0.05) is 11.2 Å². The molecule has 2 rings (SSSR count). The molecule has 0 aliphatic carbocycles. The number of aryl methyl sites for hydroxylation is 2. The summed E-state index contributed by atoms with van der Waals surface area (Å²) in [5, 5.41) is 6.46. The summed E-state index contributed by atoms with van der Waals surface area (Å²) in [6.45, 7) is 4.36. The Bertz CT molecular complexity index is 870. The average molecular weight is 418 g/mol. The van der Waals surface area contributed by atoms with Crippen molar-refractivity contribution in [3.63, 3.8) is 0 Å². The van der Waals surface area contributed by atoms with E-state index in [-0.39, 0.29) is 6.61 Å². The van der Waals surface area contributed by atoms with Crippen LogP contribution in [0, 0.1) is 13.8 Å². The average Bonchev–Trinajstić information content (AvgIpc) is 3.07. The number of ether oxygens (including phenoxy) is 4. The number of carbonyl (C=O) groups is 2. The van der Waals surface area contributed by atoms with E-state index in [4.69, 9.17) is 23.5 Å². The molecule has 30 heavy (non-hydrogen) atoms. The van der Waals surface area contributed by atoms with Crippen molar-refractivity contribution < 1.29 is 33.1 Å². The van der Waals surface area contributed by atoms with Crippen molar-refractivity contribution in [3.8, 4) is 11.5 Å². The van der Waals surface area contributed by atoms with Gasteiger partial charge in [0, 0.05) is 19.7 Å². The van der Waals surface area contributed by atoms with Gasteiger partial charge in [-0.05, 0) is 37.6 Å². The Morgan fingerprint density at radius 1 is 1.20 bits per heavy atom. The molecule has 0 bridgehead atoms. The molecule has 1 aromatic carbocycles. The predicted molar refractivity (Wildman–Crippen MR) is 108 cm³/mol. The minimum absolute atomic E-state index is 0.297. The van der Waals surface area contributed by atoms with Crippen LogP contribution in [0.25, 0.3) is 6.08 Å². The normalized spacial score (nSPS) is 10.8. The third-order valence-electron chi connectivity index (χ3n) is 4.13. The second-order valence-corrected chi connectivity index (χ2v) is 6.29. The molecule has 1 heterocycles. The summed E-state index contributed by atoms with van der Waals surface area (Å²) in [5.41, 5.74) is 2.37. The van der Waals surface area contributed by atoms with Gasteiger partial charge >= 0.3 is 5.97 Å². The quantitative estimate of drug-likeness (QED) is 0.336. The van der Waals surface area contributed by atoms with Crippen LogP contribution in [0.15, 0.2) is 28.8 Å². The molecule has 0 radical (unpaired) electrons. The molecule has 1 N–H and O–H groups in total. The molecule has 0 aliphatic heterocycles. The van der Waals surface area contributed by atoms with Gasteiger partial charge in [-0.2, -0.15) is 0 Å². The van der Waals surface area contributed by atoms with Crippen molar-refractivity contribution in [2.24, 2.45) is 0 Å². The summed E-state index contributed by atoms with van der Waals surface area (Å²) in [7, 11) is 3.06. The zero-order valence-corrected chi connectivity index (χ0v) is 17.5. The molecule has 0 fully saturated rings. The first-order chi connectivity index (χ1) is 14.4. The number of carbonyl (C=O) groups excluding carboxylic acids is 2. The summed E-state index contributed by atoms with van der Waals surface area (Å²) in [5.74, 6) is 0.738. The molecule has 0 atom stereocenters. The Hall–Kier alpha value is -3.33. The van der Waals surface area contributed by atoms with E-state index in [9.17, 15) is 9.59 Å². The summed E-state index contributed by atoms with van der Waals surface area (Å²) >= 11 is 0. The van der Waals surface area contributed by atoms with Gasteiger partial charge < -0.3 is 28.8 Å². The molecule has 1 amide bonds. The van der Waals surface area contributed by atoms with Gasteiger partial charge in [-0.25, -0.2) is 4.79 Å². The van der Waals surface area contributed by atoms with Crippen molar-refractivity contribution in [1.82, 2.24) is 10.5 Å². The Kier molecular flexibility index (Phi) is 8.89. The van der Waals surface area contributed by atoms with E-state index < -0.39 is 11.9 Å². The van der Waals surface area contributed by atoms with E-state index in [1.54, 1.807) is 24.3 Å². The number of esters is 1. The van der Waals surface area contributed by atoms with Crippen molar-refractivity contribution in [1.29, 1.82) is 0 Å². The molecule has 1 aromatic heterocycles. The minimum Gasteiger partial charge on any atom is -0.493 e. The highest BCUT2D eigenvalue weighted by molar-refractivity contribution is 5.89. The first-order valence-electron chi connectivity index (χ1n) is 9.27. The number of benzene rings is 1. The maximum absolute atomic E-state index is 11.8. The molecule has 0 aliphatic rings. The van der Waals surface area contributed by atoms with E-state index in [0.29, 0.717) is 42.6 Å². The Labute approximate surface area is 174 Å². The molecule has 0 unspecified atom stereocenters. The van der Waals surface area contributed by atoms with Crippen LogP contribution in [0.3, 0.4) is 0 Å². The zero-order valence-electron chi connectivity index (χ0n) is 17.5. The number of nitrogens with one attached hydrogen (secondary N) is 1. The molecular weight excluding hydrogens is 392 g/mol. The van der Waals surface area contributed by atoms with Gasteiger partial charge in [0.15, 0.2) is 18.1 Å². The van der Waals surface area contributed by atoms with Crippen LogP contribution >= 0.6 is 0 Å². The first kappa shape index (κ1) is 23.0. The zero-order chi connectivity index (χ0) is 21.9. The largest absolute Gasteiger partial charge is 0.493 e. The number of aromatic nitrogens is 1. The molecule has 0 saturated heterocycles. The Morgan fingerprint density at radius 2 is 2.00 bits per heavy atom. The van der Waals surface area contributed by atoms with E-state index in [1.165, 1.54) is 20.3 Å². The molecular formula is C21H26N2O7. The SMILES string of the molecule is COCCNC(=O)COC(=O)/C=C/c1ccc(OCc2c(C)noc2C)c(OC)c1. The summed E-state index contributed by atoms with van der Waals surface area (Å²) in [6.07, 6.45) is 2.80. The lowest BCUT2D eigenvalue weighted by Crippen LogP contribution is -2.31. The number of nitrogens with zero attached hydrogens (tertiary/aromatic N) is 1. The van der Waals surface area contributed by atoms with Crippen LogP contribution in [0.5, 0.6) is 11.5 Å². The van der Waals surface area contributed by atoms with E-state index in [1.807, 2.05) is 13.8 Å². The molecule has 0 saturated carbocycles. The highest BCUT2D eigenvalue weighted by Crippen LogP contribution is 2.30. The minimum atomic E-state index is -0.630.